The van der Waals surface area contributed by atoms with E-state index >= 15 is 0 Å². The van der Waals surface area contributed by atoms with Gasteiger partial charge < -0.3 is 0 Å². The van der Waals surface area contributed by atoms with Gasteiger partial charge in [0.25, 0.3) is 5.82 Å². The molecule has 0 saturated heterocycles. The molecule has 0 aliphatic rings. The van der Waals surface area contributed by atoms with Crippen molar-refractivity contribution in [3.8, 4) is 6.07 Å². The van der Waals surface area contributed by atoms with E-state index in [1.165, 1.54) is 0 Å². The Bertz CT molecular complexity index is 262. The summed E-state index contributed by atoms with van der Waals surface area (Å²) in [6.07, 6.45) is 2.56. The van der Waals surface area contributed by atoms with Gasteiger partial charge >= 0.3 is 0 Å². The van der Waals surface area contributed by atoms with E-state index in [-0.39, 0.29) is 5.82 Å². The first-order valence-electron chi connectivity index (χ1n) is 3.22. The van der Waals surface area contributed by atoms with Crippen LogP contribution in [0, 0.1) is 11.3 Å². The first-order chi connectivity index (χ1) is 5.36. The molecule has 4 nitrogen and oxygen atoms in total. The van der Waals surface area contributed by atoms with E-state index in [9.17, 15) is 0 Å². The molecule has 0 spiro atoms. The zero-order chi connectivity index (χ0) is 8.10. The van der Waals surface area contributed by atoms with Gasteiger partial charge in [0.2, 0.25) is 0 Å². The second kappa shape index (κ2) is 4.09. The zero-order valence-electron chi connectivity index (χ0n) is 5.87. The summed E-state index contributed by atoms with van der Waals surface area (Å²) in [4.78, 5) is 3.76. The Morgan fingerprint density at radius 2 is 2.55 bits per heavy atom. The summed E-state index contributed by atoms with van der Waals surface area (Å²) in [5.41, 5.74) is 0. The van der Waals surface area contributed by atoms with Crippen LogP contribution in [0.15, 0.2) is 6.33 Å². The van der Waals surface area contributed by atoms with Gasteiger partial charge in [0.05, 0.1) is 0 Å². The molecule has 0 fully saturated rings. The average molecular weight is 215 g/mol. The second-order valence-corrected chi connectivity index (χ2v) is 2.78. The van der Waals surface area contributed by atoms with Crippen LogP contribution in [0.5, 0.6) is 0 Å². The molecule has 11 heavy (non-hydrogen) atoms. The molecule has 58 valence electrons. The number of hydrogen-bond donors (Lipinski definition) is 0. The highest BCUT2D eigenvalue weighted by atomic mass is 79.9. The zero-order valence-corrected chi connectivity index (χ0v) is 7.45. The molecular formula is C6H7BrN4. The lowest BCUT2D eigenvalue weighted by molar-refractivity contribution is 0.604. The molecule has 0 aliphatic carbocycles. The summed E-state index contributed by atoms with van der Waals surface area (Å²) in [6.45, 7) is 0.805. The van der Waals surface area contributed by atoms with Gasteiger partial charge in [0.15, 0.2) is 0 Å². The Morgan fingerprint density at radius 1 is 1.73 bits per heavy atom. The molecule has 0 radical (unpaired) electrons. The number of aryl methyl sites for hydroxylation is 1. The first kappa shape index (κ1) is 8.21. The summed E-state index contributed by atoms with van der Waals surface area (Å²) in [6, 6.07) is 1.87. The molecule has 0 unspecified atom stereocenters. The second-order valence-electron chi connectivity index (χ2n) is 1.99. The van der Waals surface area contributed by atoms with Crippen molar-refractivity contribution in [1.82, 2.24) is 14.8 Å². The molecule has 0 N–H and O–H groups in total. The number of nitrogens with zero attached hydrogens (tertiary/aromatic N) is 4. The summed E-state index contributed by atoms with van der Waals surface area (Å²) in [5.74, 6) is 0.236. The van der Waals surface area contributed by atoms with Crippen molar-refractivity contribution in [2.75, 3.05) is 5.33 Å². The fraction of sp³-hybridized carbons (Fsp3) is 0.500. The van der Waals surface area contributed by atoms with Gasteiger partial charge in [-0.05, 0) is 6.42 Å². The van der Waals surface area contributed by atoms with Crippen LogP contribution >= 0.6 is 15.9 Å². The smallest absolute Gasteiger partial charge is 0.252 e. The van der Waals surface area contributed by atoms with Crippen molar-refractivity contribution in [3.05, 3.63) is 12.2 Å². The van der Waals surface area contributed by atoms with Crippen LogP contribution in [0.4, 0.5) is 0 Å². The summed E-state index contributed by atoms with van der Waals surface area (Å²) in [7, 11) is 0. The fourth-order valence-corrected chi connectivity index (χ4v) is 0.926. The summed E-state index contributed by atoms with van der Waals surface area (Å²) < 4.78 is 1.67. The number of halogens is 1. The van der Waals surface area contributed by atoms with Crippen molar-refractivity contribution in [2.24, 2.45) is 0 Å². The van der Waals surface area contributed by atoms with Gasteiger partial charge in [-0.25, -0.2) is 4.98 Å². The number of rotatable bonds is 3. The van der Waals surface area contributed by atoms with Crippen molar-refractivity contribution in [3.63, 3.8) is 0 Å². The first-order valence-corrected chi connectivity index (χ1v) is 4.34. The maximum absolute atomic E-state index is 8.38. The van der Waals surface area contributed by atoms with Gasteiger partial charge in [0.1, 0.15) is 12.4 Å². The van der Waals surface area contributed by atoms with E-state index in [2.05, 4.69) is 26.0 Å². The predicted molar refractivity (Wildman–Crippen MR) is 43.1 cm³/mol. The molecule has 0 aromatic carbocycles. The van der Waals surface area contributed by atoms with Gasteiger partial charge in [-0.15, -0.1) is 5.10 Å². The minimum absolute atomic E-state index is 0.236. The Labute approximate surface area is 73.0 Å². The lowest BCUT2D eigenvalue weighted by atomic mass is 10.5. The van der Waals surface area contributed by atoms with Crippen molar-refractivity contribution >= 4 is 15.9 Å². The van der Waals surface area contributed by atoms with E-state index in [0.717, 1.165) is 18.3 Å². The molecular weight excluding hydrogens is 208 g/mol. The van der Waals surface area contributed by atoms with Crippen molar-refractivity contribution in [1.29, 1.82) is 5.26 Å². The average Bonchev–Trinajstić information content (AvgIpc) is 2.48. The van der Waals surface area contributed by atoms with Crippen LogP contribution in [0.3, 0.4) is 0 Å². The van der Waals surface area contributed by atoms with Crippen molar-refractivity contribution < 1.29 is 0 Å². The molecule has 1 aromatic heterocycles. The van der Waals surface area contributed by atoms with E-state index in [1.54, 1.807) is 11.0 Å². The molecule has 0 aliphatic heterocycles. The Balaban J connectivity index is 2.53. The van der Waals surface area contributed by atoms with Gasteiger partial charge in [0, 0.05) is 11.9 Å². The highest BCUT2D eigenvalue weighted by Crippen LogP contribution is 1.93. The van der Waals surface area contributed by atoms with Crippen LogP contribution in [-0.4, -0.2) is 20.1 Å². The normalized spacial score (nSPS) is 9.45. The van der Waals surface area contributed by atoms with Crippen molar-refractivity contribution in [2.45, 2.75) is 13.0 Å². The third-order valence-corrected chi connectivity index (χ3v) is 1.72. The summed E-state index contributed by atoms with van der Waals surface area (Å²) in [5, 5.41) is 13.2. The van der Waals surface area contributed by atoms with E-state index < -0.39 is 0 Å². The number of hydrogen-bond acceptors (Lipinski definition) is 3. The van der Waals surface area contributed by atoms with E-state index in [1.807, 2.05) is 6.07 Å². The molecule has 0 bridgehead atoms. The predicted octanol–water partition coefficient (Wildman–Crippen LogP) is 0.935. The SMILES string of the molecule is N#Cc1ncn(CCCBr)n1. The highest BCUT2D eigenvalue weighted by Gasteiger charge is 1.96. The van der Waals surface area contributed by atoms with Crippen LogP contribution in [0.1, 0.15) is 12.2 Å². The van der Waals surface area contributed by atoms with Gasteiger partial charge in [-0.1, -0.05) is 15.9 Å². The van der Waals surface area contributed by atoms with E-state index in [0.29, 0.717) is 0 Å². The van der Waals surface area contributed by atoms with Crippen LogP contribution < -0.4 is 0 Å². The maximum Gasteiger partial charge on any atom is 0.252 e. The largest absolute Gasteiger partial charge is 0.252 e. The molecule has 1 aromatic rings. The Morgan fingerprint density at radius 3 is 3.09 bits per heavy atom. The molecule has 0 amide bonds. The topological polar surface area (TPSA) is 54.5 Å². The fourth-order valence-electron chi connectivity index (χ4n) is 0.675. The quantitative estimate of drug-likeness (QED) is 0.705. The standard InChI is InChI=1S/C6H7BrN4/c7-2-1-3-11-5-9-6(4-8)10-11/h5H,1-3H2. The molecule has 1 rings (SSSR count). The minimum Gasteiger partial charge on any atom is -0.252 e. The Kier molecular flexibility index (Phi) is 3.05. The van der Waals surface area contributed by atoms with E-state index in [4.69, 9.17) is 5.26 Å². The summed E-state index contributed by atoms with van der Waals surface area (Å²) >= 11 is 3.30. The van der Waals surface area contributed by atoms with Gasteiger partial charge in [-0.3, -0.25) is 4.68 Å². The minimum atomic E-state index is 0.236. The van der Waals surface area contributed by atoms with Gasteiger partial charge in [-0.2, -0.15) is 5.26 Å². The molecule has 5 heteroatoms. The number of aromatic nitrogens is 3. The number of alkyl halides is 1. The van der Waals surface area contributed by atoms with Crippen LogP contribution in [-0.2, 0) is 6.54 Å². The van der Waals surface area contributed by atoms with Crippen LogP contribution in [0.2, 0.25) is 0 Å². The Hall–Kier alpha value is -0.890. The third kappa shape index (κ3) is 2.31. The monoisotopic (exact) mass is 214 g/mol. The number of nitriles is 1. The highest BCUT2D eigenvalue weighted by molar-refractivity contribution is 9.09. The van der Waals surface area contributed by atoms with Crippen LogP contribution in [0.25, 0.3) is 0 Å². The third-order valence-electron chi connectivity index (χ3n) is 1.16. The molecule has 1 heterocycles. The molecule has 0 atom stereocenters. The maximum atomic E-state index is 8.38. The lowest BCUT2D eigenvalue weighted by Crippen LogP contribution is -1.98. The molecule has 0 saturated carbocycles. The lowest BCUT2D eigenvalue weighted by Gasteiger charge is -1.94.